The summed E-state index contributed by atoms with van der Waals surface area (Å²) < 4.78 is 26.9. The highest BCUT2D eigenvalue weighted by molar-refractivity contribution is 7.89. The molecule has 1 aliphatic heterocycles. The van der Waals surface area contributed by atoms with E-state index >= 15 is 0 Å². The first-order chi connectivity index (χ1) is 8.84. The third-order valence-corrected chi connectivity index (χ3v) is 7.08. The van der Waals surface area contributed by atoms with Gasteiger partial charge in [0.15, 0.2) is 0 Å². The van der Waals surface area contributed by atoms with E-state index in [1.54, 1.807) is 4.31 Å². The largest absolute Gasteiger partial charge is 0.481 e. The Labute approximate surface area is 115 Å². The molecule has 0 aromatic heterocycles. The average molecular weight is 289 g/mol. The van der Waals surface area contributed by atoms with Gasteiger partial charge in [-0.15, -0.1) is 0 Å². The van der Waals surface area contributed by atoms with Crippen LogP contribution in [0.2, 0.25) is 0 Å². The molecular weight excluding hydrogens is 266 g/mol. The minimum absolute atomic E-state index is 0.0104. The smallest absolute Gasteiger partial charge is 0.307 e. The molecule has 0 spiro atoms. The van der Waals surface area contributed by atoms with Crippen molar-refractivity contribution in [3.8, 4) is 0 Å². The van der Waals surface area contributed by atoms with Gasteiger partial charge in [0.2, 0.25) is 10.0 Å². The predicted molar refractivity (Wildman–Crippen MR) is 72.3 cm³/mol. The van der Waals surface area contributed by atoms with Gasteiger partial charge in [0.25, 0.3) is 0 Å². The summed E-state index contributed by atoms with van der Waals surface area (Å²) in [7, 11) is -3.48. The molecule has 110 valence electrons. The fourth-order valence-electron chi connectivity index (χ4n) is 3.50. The summed E-state index contributed by atoms with van der Waals surface area (Å²) in [5.74, 6) is -1.15. The van der Waals surface area contributed by atoms with Crippen molar-refractivity contribution in [2.24, 2.45) is 11.8 Å². The fourth-order valence-corrected chi connectivity index (χ4v) is 5.93. The molecule has 0 aromatic carbocycles. The summed E-state index contributed by atoms with van der Waals surface area (Å²) in [5, 5.41) is 8.45. The quantitative estimate of drug-likeness (QED) is 0.858. The molecule has 0 aromatic rings. The van der Waals surface area contributed by atoms with Crippen LogP contribution in [-0.4, -0.2) is 41.6 Å². The van der Waals surface area contributed by atoms with Crippen molar-refractivity contribution in [2.45, 2.75) is 57.2 Å². The maximum Gasteiger partial charge on any atom is 0.307 e. The van der Waals surface area contributed by atoms with Gasteiger partial charge in [-0.3, -0.25) is 4.79 Å². The molecule has 0 amide bonds. The van der Waals surface area contributed by atoms with Crippen molar-refractivity contribution in [1.29, 1.82) is 0 Å². The molecule has 0 radical (unpaired) electrons. The molecule has 1 N–H and O–H groups in total. The minimum Gasteiger partial charge on any atom is -0.481 e. The predicted octanol–water partition coefficient (Wildman–Crippen LogP) is 1.69. The summed E-state index contributed by atoms with van der Waals surface area (Å²) in [6.07, 6.45) is 3.40. The first-order valence-corrected chi connectivity index (χ1v) is 8.57. The van der Waals surface area contributed by atoms with Crippen molar-refractivity contribution >= 4 is 16.0 Å². The van der Waals surface area contributed by atoms with Gasteiger partial charge in [-0.2, -0.15) is 4.31 Å². The molecule has 6 heteroatoms. The summed E-state index contributed by atoms with van der Waals surface area (Å²) in [4.78, 5) is 11.2. The van der Waals surface area contributed by atoms with E-state index in [-0.39, 0.29) is 6.04 Å². The number of hydrogen-bond acceptors (Lipinski definition) is 3. The molecule has 2 rings (SSSR count). The summed E-state index contributed by atoms with van der Waals surface area (Å²) in [6.45, 7) is 4.60. The average Bonchev–Trinajstić information content (AvgIpc) is 2.77. The minimum atomic E-state index is -3.48. The number of carboxylic acids is 1. The molecule has 1 saturated heterocycles. The number of rotatable bonds is 3. The van der Waals surface area contributed by atoms with E-state index in [4.69, 9.17) is 0 Å². The van der Waals surface area contributed by atoms with Crippen LogP contribution in [0, 0.1) is 11.8 Å². The van der Waals surface area contributed by atoms with Crippen molar-refractivity contribution < 1.29 is 18.3 Å². The Morgan fingerprint density at radius 2 is 1.89 bits per heavy atom. The van der Waals surface area contributed by atoms with Gasteiger partial charge in [-0.05, 0) is 38.5 Å². The van der Waals surface area contributed by atoms with Gasteiger partial charge >= 0.3 is 5.97 Å². The molecule has 1 saturated carbocycles. The van der Waals surface area contributed by atoms with E-state index in [0.717, 1.165) is 12.8 Å². The Morgan fingerprint density at radius 1 is 1.21 bits per heavy atom. The lowest BCUT2D eigenvalue weighted by Crippen LogP contribution is -2.49. The molecule has 4 atom stereocenters. The zero-order valence-electron chi connectivity index (χ0n) is 11.6. The third-order valence-electron chi connectivity index (χ3n) is 4.56. The number of hydrogen-bond donors (Lipinski definition) is 1. The molecule has 4 unspecified atom stereocenters. The number of sulfonamides is 1. The van der Waals surface area contributed by atoms with Crippen molar-refractivity contribution in [3.05, 3.63) is 0 Å². The van der Waals surface area contributed by atoms with Gasteiger partial charge < -0.3 is 5.11 Å². The number of piperidine rings is 1. The summed E-state index contributed by atoms with van der Waals surface area (Å²) in [5.41, 5.74) is 0. The zero-order valence-corrected chi connectivity index (χ0v) is 12.4. The van der Waals surface area contributed by atoms with Gasteiger partial charge in [-0.1, -0.05) is 13.3 Å². The first-order valence-electron chi connectivity index (χ1n) is 7.07. The monoisotopic (exact) mass is 289 g/mol. The standard InChI is InChI=1S/C13H23NO4S/c1-9-6-7-14(10(2)8-9)19(17,18)12-5-3-4-11(12)13(15)16/h9-12H,3-8H2,1-2H3,(H,15,16). The molecular formula is C13H23NO4S. The lowest BCUT2D eigenvalue weighted by Gasteiger charge is -2.37. The van der Waals surface area contributed by atoms with Crippen LogP contribution in [0.3, 0.4) is 0 Å². The molecule has 0 bridgehead atoms. The number of aliphatic carboxylic acids is 1. The van der Waals surface area contributed by atoms with E-state index in [9.17, 15) is 18.3 Å². The van der Waals surface area contributed by atoms with Crippen LogP contribution in [0.1, 0.15) is 46.0 Å². The number of carboxylic acid groups (broad SMARTS) is 1. The highest BCUT2D eigenvalue weighted by Gasteiger charge is 2.46. The molecule has 19 heavy (non-hydrogen) atoms. The number of carbonyl (C=O) groups is 1. The van der Waals surface area contributed by atoms with E-state index in [1.807, 2.05) is 6.92 Å². The highest BCUT2D eigenvalue weighted by atomic mass is 32.2. The molecule has 1 heterocycles. The van der Waals surface area contributed by atoms with E-state index < -0.39 is 27.2 Å². The van der Waals surface area contributed by atoms with Crippen LogP contribution in [0.15, 0.2) is 0 Å². The fraction of sp³-hybridized carbons (Fsp3) is 0.923. The lowest BCUT2D eigenvalue weighted by atomic mass is 9.95. The second kappa shape index (κ2) is 5.40. The Bertz CT molecular complexity index is 448. The van der Waals surface area contributed by atoms with Crippen LogP contribution in [-0.2, 0) is 14.8 Å². The lowest BCUT2D eigenvalue weighted by molar-refractivity contribution is -0.141. The van der Waals surface area contributed by atoms with Gasteiger partial charge in [0, 0.05) is 12.6 Å². The normalized spacial score (nSPS) is 37.4. The first kappa shape index (κ1) is 14.8. The van der Waals surface area contributed by atoms with Crippen LogP contribution >= 0.6 is 0 Å². The van der Waals surface area contributed by atoms with E-state index in [0.29, 0.717) is 31.7 Å². The van der Waals surface area contributed by atoms with Crippen molar-refractivity contribution in [3.63, 3.8) is 0 Å². The van der Waals surface area contributed by atoms with Crippen LogP contribution in [0.5, 0.6) is 0 Å². The second-order valence-electron chi connectivity index (χ2n) is 6.05. The van der Waals surface area contributed by atoms with E-state index in [1.165, 1.54) is 0 Å². The maximum absolute atomic E-state index is 12.7. The molecule has 2 fully saturated rings. The van der Waals surface area contributed by atoms with Crippen LogP contribution in [0.4, 0.5) is 0 Å². The Balaban J connectivity index is 2.20. The van der Waals surface area contributed by atoms with Crippen LogP contribution in [0.25, 0.3) is 0 Å². The topological polar surface area (TPSA) is 74.7 Å². The van der Waals surface area contributed by atoms with E-state index in [2.05, 4.69) is 6.92 Å². The maximum atomic E-state index is 12.7. The Kier molecular flexibility index (Phi) is 4.20. The Morgan fingerprint density at radius 3 is 2.47 bits per heavy atom. The highest BCUT2D eigenvalue weighted by Crippen LogP contribution is 2.36. The van der Waals surface area contributed by atoms with Crippen molar-refractivity contribution in [1.82, 2.24) is 4.31 Å². The molecule has 2 aliphatic rings. The van der Waals surface area contributed by atoms with Crippen molar-refractivity contribution in [2.75, 3.05) is 6.54 Å². The second-order valence-corrected chi connectivity index (χ2v) is 8.15. The summed E-state index contributed by atoms with van der Waals surface area (Å²) in [6, 6.07) is -0.0104. The van der Waals surface area contributed by atoms with Gasteiger partial charge in [0.05, 0.1) is 11.2 Å². The molecule has 5 nitrogen and oxygen atoms in total. The zero-order chi connectivity index (χ0) is 14.2. The Hall–Kier alpha value is -0.620. The summed E-state index contributed by atoms with van der Waals surface area (Å²) >= 11 is 0. The molecule has 1 aliphatic carbocycles. The van der Waals surface area contributed by atoms with Gasteiger partial charge in [-0.25, -0.2) is 8.42 Å². The van der Waals surface area contributed by atoms with Gasteiger partial charge in [0.1, 0.15) is 0 Å². The third kappa shape index (κ3) is 2.79. The van der Waals surface area contributed by atoms with Crippen LogP contribution < -0.4 is 0 Å². The number of nitrogens with zero attached hydrogens (tertiary/aromatic N) is 1. The SMILES string of the molecule is CC1CCN(S(=O)(=O)C2CCCC2C(=O)O)C(C)C1.